The summed E-state index contributed by atoms with van der Waals surface area (Å²) in [5.74, 6) is 0.208. The molecule has 0 N–H and O–H groups in total. The van der Waals surface area contributed by atoms with Crippen LogP contribution in [0.5, 0.6) is 5.75 Å². The van der Waals surface area contributed by atoms with E-state index in [0.29, 0.717) is 5.75 Å². The zero-order valence-corrected chi connectivity index (χ0v) is 11.8. The molecule has 0 spiro atoms. The number of halogens is 1. The van der Waals surface area contributed by atoms with Crippen LogP contribution in [0.3, 0.4) is 0 Å². The Morgan fingerprint density at radius 3 is 2.15 bits per heavy atom. The number of alkyl halides is 1. The van der Waals surface area contributed by atoms with E-state index in [1.165, 1.54) is 6.38 Å². The normalized spacial score (nSPS) is 19.5. The first-order chi connectivity index (χ1) is 9.84. The van der Waals surface area contributed by atoms with E-state index in [2.05, 4.69) is 11.6 Å². The highest BCUT2D eigenvalue weighted by Gasteiger charge is 2.47. The second-order valence-electron chi connectivity index (χ2n) is 4.12. The van der Waals surface area contributed by atoms with E-state index in [1.807, 2.05) is 48.5 Å². The molecule has 1 aliphatic rings. The van der Waals surface area contributed by atoms with Crippen LogP contribution in [-0.4, -0.2) is 18.5 Å². The first-order valence-electron chi connectivity index (χ1n) is 6.19. The maximum absolute atomic E-state index is 11.8. The molecule has 0 aromatic heterocycles. The number of carbonyl (C=O) groups excluding carboxylic acids is 1. The van der Waals surface area contributed by atoms with Crippen molar-refractivity contribution in [3.8, 4) is 5.75 Å². The van der Waals surface area contributed by atoms with Gasteiger partial charge < -0.3 is 9.47 Å². The molecule has 1 heterocycles. The topological polar surface area (TPSA) is 38.8 Å². The number of ether oxygens (including phenoxy) is 2. The summed E-state index contributed by atoms with van der Waals surface area (Å²) in [5.41, 5.74) is 1.01. The molecule has 20 heavy (non-hydrogen) atoms. The standard InChI is InChI=1S/C15H12O3.CH3Cl/c16-15(17-12-9-5-2-6-10-12)14-13(18-14)11-7-3-1-4-8-11;1-2/h1-10,13-14H;1H3. The molecular formula is C16H15ClO3. The Kier molecular flexibility index (Phi) is 5.16. The van der Waals surface area contributed by atoms with Crippen LogP contribution in [0.15, 0.2) is 60.7 Å². The molecular weight excluding hydrogens is 276 g/mol. The summed E-state index contributed by atoms with van der Waals surface area (Å²) in [5, 5.41) is 0. The van der Waals surface area contributed by atoms with Crippen LogP contribution < -0.4 is 4.74 Å². The monoisotopic (exact) mass is 290 g/mol. The highest BCUT2D eigenvalue weighted by atomic mass is 35.5. The van der Waals surface area contributed by atoms with Gasteiger partial charge in [0, 0.05) is 6.38 Å². The molecule has 2 aromatic carbocycles. The second-order valence-corrected chi connectivity index (χ2v) is 4.12. The third kappa shape index (κ3) is 3.59. The van der Waals surface area contributed by atoms with Crippen molar-refractivity contribution in [2.45, 2.75) is 12.2 Å². The van der Waals surface area contributed by atoms with Gasteiger partial charge in [0.05, 0.1) is 0 Å². The minimum Gasteiger partial charge on any atom is -0.425 e. The second kappa shape index (κ2) is 7.08. The van der Waals surface area contributed by atoms with Gasteiger partial charge in [-0.2, -0.15) is 0 Å². The number of para-hydroxylation sites is 1. The summed E-state index contributed by atoms with van der Waals surface area (Å²) in [6.45, 7) is 0. The van der Waals surface area contributed by atoms with Crippen molar-refractivity contribution in [2.75, 3.05) is 6.38 Å². The van der Waals surface area contributed by atoms with E-state index in [9.17, 15) is 4.79 Å². The Balaban J connectivity index is 0.000000704. The Morgan fingerprint density at radius 2 is 1.55 bits per heavy atom. The first-order valence-corrected chi connectivity index (χ1v) is 6.95. The van der Waals surface area contributed by atoms with Gasteiger partial charge in [0.1, 0.15) is 11.9 Å². The van der Waals surface area contributed by atoms with Crippen molar-refractivity contribution in [1.29, 1.82) is 0 Å². The molecule has 3 rings (SSSR count). The fourth-order valence-electron chi connectivity index (χ4n) is 1.85. The summed E-state index contributed by atoms with van der Waals surface area (Å²) in [7, 11) is 0. The zero-order chi connectivity index (χ0) is 14.4. The molecule has 0 bridgehead atoms. The predicted molar refractivity (Wildman–Crippen MR) is 77.9 cm³/mol. The van der Waals surface area contributed by atoms with E-state index >= 15 is 0 Å². The van der Waals surface area contributed by atoms with E-state index in [0.717, 1.165) is 5.56 Å². The van der Waals surface area contributed by atoms with Crippen LogP contribution >= 0.6 is 11.6 Å². The summed E-state index contributed by atoms with van der Waals surface area (Å²) in [6, 6.07) is 18.7. The molecule has 0 radical (unpaired) electrons. The van der Waals surface area contributed by atoms with Gasteiger partial charge in [-0.3, -0.25) is 0 Å². The summed E-state index contributed by atoms with van der Waals surface area (Å²) < 4.78 is 10.6. The van der Waals surface area contributed by atoms with Crippen LogP contribution in [0, 0.1) is 0 Å². The minimum absolute atomic E-state index is 0.164. The third-order valence-corrected chi connectivity index (χ3v) is 2.81. The average Bonchev–Trinajstić information content (AvgIpc) is 3.32. The van der Waals surface area contributed by atoms with Crippen molar-refractivity contribution in [2.24, 2.45) is 0 Å². The van der Waals surface area contributed by atoms with Gasteiger partial charge in [-0.15, -0.1) is 11.6 Å². The maximum atomic E-state index is 11.8. The number of epoxide rings is 1. The Morgan fingerprint density at radius 1 is 1.00 bits per heavy atom. The van der Waals surface area contributed by atoms with Crippen LogP contribution in [0.2, 0.25) is 0 Å². The SMILES string of the molecule is CCl.O=C(Oc1ccccc1)C1OC1c1ccccc1. The highest BCUT2D eigenvalue weighted by Crippen LogP contribution is 2.39. The average molecular weight is 291 g/mol. The van der Waals surface area contributed by atoms with Gasteiger partial charge in [0.2, 0.25) is 0 Å². The quantitative estimate of drug-likeness (QED) is 0.375. The number of hydrogen-bond acceptors (Lipinski definition) is 3. The van der Waals surface area contributed by atoms with Crippen LogP contribution in [0.25, 0.3) is 0 Å². The Labute approximate surface area is 123 Å². The van der Waals surface area contributed by atoms with Gasteiger partial charge in [0.25, 0.3) is 0 Å². The lowest BCUT2D eigenvalue weighted by atomic mass is 10.1. The van der Waals surface area contributed by atoms with E-state index in [-0.39, 0.29) is 12.1 Å². The number of carbonyl (C=O) groups is 1. The largest absolute Gasteiger partial charge is 0.425 e. The molecule has 104 valence electrons. The van der Waals surface area contributed by atoms with Gasteiger partial charge in [-0.25, -0.2) is 4.79 Å². The number of hydrogen-bond donors (Lipinski definition) is 0. The number of rotatable bonds is 3. The van der Waals surface area contributed by atoms with Crippen molar-refractivity contribution in [3.63, 3.8) is 0 Å². The smallest absolute Gasteiger partial charge is 0.343 e. The minimum atomic E-state index is -0.479. The van der Waals surface area contributed by atoms with E-state index in [4.69, 9.17) is 9.47 Å². The lowest BCUT2D eigenvalue weighted by molar-refractivity contribution is -0.135. The number of benzene rings is 2. The highest BCUT2D eigenvalue weighted by molar-refractivity contribution is 6.15. The van der Waals surface area contributed by atoms with Crippen molar-refractivity contribution in [1.82, 2.24) is 0 Å². The molecule has 0 saturated carbocycles. The van der Waals surface area contributed by atoms with E-state index < -0.39 is 6.10 Å². The van der Waals surface area contributed by atoms with Crippen molar-refractivity contribution < 1.29 is 14.3 Å². The van der Waals surface area contributed by atoms with Crippen LogP contribution in [0.4, 0.5) is 0 Å². The summed E-state index contributed by atoms with van der Waals surface area (Å²) in [4.78, 5) is 11.8. The molecule has 4 heteroatoms. The fraction of sp³-hybridized carbons (Fsp3) is 0.188. The Hall–Kier alpha value is -1.84. The lowest BCUT2D eigenvalue weighted by Gasteiger charge is -2.01. The molecule has 2 unspecified atom stereocenters. The zero-order valence-electron chi connectivity index (χ0n) is 11.0. The third-order valence-electron chi connectivity index (χ3n) is 2.81. The van der Waals surface area contributed by atoms with Crippen LogP contribution in [-0.2, 0) is 9.53 Å². The van der Waals surface area contributed by atoms with Crippen molar-refractivity contribution in [3.05, 3.63) is 66.2 Å². The van der Waals surface area contributed by atoms with Gasteiger partial charge in [0.15, 0.2) is 6.10 Å². The molecule has 3 nitrogen and oxygen atoms in total. The van der Waals surface area contributed by atoms with E-state index in [1.54, 1.807) is 12.1 Å². The molecule has 0 amide bonds. The molecule has 2 aromatic rings. The van der Waals surface area contributed by atoms with Gasteiger partial charge in [-0.1, -0.05) is 48.5 Å². The predicted octanol–water partition coefficient (Wildman–Crippen LogP) is 3.59. The number of esters is 1. The summed E-state index contributed by atoms with van der Waals surface area (Å²) >= 11 is 4.64. The maximum Gasteiger partial charge on any atom is 0.343 e. The Bertz CT molecular complexity index is 542. The fourth-order valence-corrected chi connectivity index (χ4v) is 1.85. The molecule has 2 atom stereocenters. The summed E-state index contributed by atoms with van der Waals surface area (Å²) in [6.07, 6.45) is 0.829. The molecule has 1 saturated heterocycles. The van der Waals surface area contributed by atoms with Gasteiger partial charge >= 0.3 is 5.97 Å². The first kappa shape index (κ1) is 14.6. The lowest BCUT2D eigenvalue weighted by Crippen LogP contribution is -2.15. The van der Waals surface area contributed by atoms with Gasteiger partial charge in [-0.05, 0) is 17.7 Å². The van der Waals surface area contributed by atoms with Crippen LogP contribution in [0.1, 0.15) is 11.7 Å². The molecule has 1 aliphatic heterocycles. The van der Waals surface area contributed by atoms with Crippen molar-refractivity contribution >= 4 is 17.6 Å². The molecule has 1 fully saturated rings. The molecule has 0 aliphatic carbocycles.